The summed E-state index contributed by atoms with van der Waals surface area (Å²) in [5, 5.41) is 13.4. The zero-order valence-corrected chi connectivity index (χ0v) is 21.2. The van der Waals surface area contributed by atoms with E-state index in [2.05, 4.69) is 20.3 Å². The van der Waals surface area contributed by atoms with Crippen molar-refractivity contribution in [3.8, 4) is 5.88 Å². The second kappa shape index (κ2) is 10.2. The van der Waals surface area contributed by atoms with Crippen LogP contribution in [-0.2, 0) is 4.79 Å². The minimum atomic E-state index is -4.29. The number of hydrogen-bond acceptors (Lipinski definition) is 7. The van der Waals surface area contributed by atoms with E-state index in [1.54, 1.807) is 19.3 Å². The molecule has 2 aromatic heterocycles. The van der Waals surface area contributed by atoms with Crippen molar-refractivity contribution in [3.05, 3.63) is 18.0 Å². The van der Waals surface area contributed by atoms with E-state index in [-0.39, 0.29) is 42.1 Å². The first-order valence-electron chi connectivity index (χ1n) is 13.2. The molecule has 0 spiro atoms. The number of fused-ring (bicyclic) bond motifs is 3. The summed E-state index contributed by atoms with van der Waals surface area (Å²) in [4.78, 5) is 27.6. The summed E-state index contributed by atoms with van der Waals surface area (Å²) in [6.45, 7) is 3.07. The van der Waals surface area contributed by atoms with Crippen molar-refractivity contribution in [3.63, 3.8) is 0 Å². The topological polar surface area (TPSA) is 100 Å². The van der Waals surface area contributed by atoms with Crippen LogP contribution in [0.1, 0.15) is 83.1 Å². The molecule has 2 saturated heterocycles. The number of pyridine rings is 1. The number of ether oxygens (including phenoxy) is 1. The van der Waals surface area contributed by atoms with Crippen molar-refractivity contribution in [2.24, 2.45) is 0 Å². The summed E-state index contributed by atoms with van der Waals surface area (Å²) in [5.74, 6) is 0.776. The molecule has 3 fully saturated rings. The van der Waals surface area contributed by atoms with Crippen molar-refractivity contribution in [1.82, 2.24) is 19.9 Å². The lowest BCUT2D eigenvalue weighted by Gasteiger charge is -2.38. The third-order valence-corrected chi connectivity index (χ3v) is 7.99. The quantitative estimate of drug-likeness (QED) is 0.568. The molecule has 8 nitrogen and oxygen atoms in total. The van der Waals surface area contributed by atoms with Gasteiger partial charge in [-0.1, -0.05) is 0 Å². The van der Waals surface area contributed by atoms with E-state index in [0.717, 1.165) is 44.1 Å². The van der Waals surface area contributed by atoms with Crippen LogP contribution >= 0.6 is 0 Å². The monoisotopic (exact) mass is 521 g/mol. The van der Waals surface area contributed by atoms with Crippen molar-refractivity contribution in [1.29, 1.82) is 0 Å². The molecule has 1 amide bonds. The van der Waals surface area contributed by atoms with Gasteiger partial charge in [-0.3, -0.25) is 4.79 Å². The molecular formula is C26H34F3N5O3. The summed E-state index contributed by atoms with van der Waals surface area (Å²) in [5.41, 5.74) is 1.52. The second-order valence-electron chi connectivity index (χ2n) is 10.9. The highest BCUT2D eigenvalue weighted by molar-refractivity contribution is 5.86. The Labute approximate surface area is 214 Å². The van der Waals surface area contributed by atoms with Crippen LogP contribution in [0.25, 0.3) is 10.9 Å². The minimum Gasteiger partial charge on any atom is -0.474 e. The Hall–Kier alpha value is -2.69. The number of anilines is 1. The Kier molecular flexibility index (Phi) is 7.17. The second-order valence-corrected chi connectivity index (χ2v) is 10.9. The molecule has 2 aromatic rings. The molecule has 1 aliphatic carbocycles. The first-order chi connectivity index (χ1) is 17.6. The fourth-order valence-electron chi connectivity index (χ4n) is 6.38. The summed E-state index contributed by atoms with van der Waals surface area (Å²) < 4.78 is 45.0. The van der Waals surface area contributed by atoms with Crippen LogP contribution in [0.4, 0.5) is 19.1 Å². The highest BCUT2D eigenvalue weighted by atomic mass is 19.4. The molecule has 37 heavy (non-hydrogen) atoms. The van der Waals surface area contributed by atoms with Crippen molar-refractivity contribution in [2.75, 3.05) is 5.32 Å². The lowest BCUT2D eigenvalue weighted by Crippen LogP contribution is -2.48. The maximum Gasteiger partial charge on any atom is 0.391 e. The number of amides is 1. The van der Waals surface area contributed by atoms with Gasteiger partial charge in [-0.25, -0.2) is 15.0 Å². The number of hydrogen-bond donors (Lipinski definition) is 2. The first-order valence-corrected chi connectivity index (χ1v) is 13.2. The molecular weight excluding hydrogens is 487 g/mol. The van der Waals surface area contributed by atoms with Crippen molar-refractivity contribution >= 4 is 22.8 Å². The lowest BCUT2D eigenvalue weighted by atomic mass is 9.83. The number of nitrogens with zero attached hydrogens (tertiary/aromatic N) is 4. The van der Waals surface area contributed by atoms with Gasteiger partial charge in [-0.05, 0) is 51.4 Å². The Balaban J connectivity index is 1.43. The largest absolute Gasteiger partial charge is 0.474 e. The number of alkyl halides is 3. The Morgan fingerprint density at radius 2 is 1.81 bits per heavy atom. The fourth-order valence-corrected chi connectivity index (χ4v) is 6.38. The molecule has 5 rings (SSSR count). The molecule has 4 atom stereocenters. The maximum absolute atomic E-state index is 12.9. The first kappa shape index (κ1) is 25.9. The Morgan fingerprint density at radius 1 is 1.14 bits per heavy atom. The van der Waals surface area contributed by atoms with Gasteiger partial charge in [-0.15, -0.1) is 0 Å². The minimum absolute atomic E-state index is 0.0934. The molecule has 11 heteroatoms. The summed E-state index contributed by atoms with van der Waals surface area (Å²) in [7, 11) is 0. The Bertz CT molecular complexity index is 1120. The predicted molar refractivity (Wildman–Crippen MR) is 131 cm³/mol. The third-order valence-electron chi connectivity index (χ3n) is 7.99. The van der Waals surface area contributed by atoms with E-state index in [4.69, 9.17) is 4.74 Å². The van der Waals surface area contributed by atoms with Crippen LogP contribution < -0.4 is 10.1 Å². The van der Waals surface area contributed by atoms with Gasteiger partial charge >= 0.3 is 6.18 Å². The summed E-state index contributed by atoms with van der Waals surface area (Å²) in [6, 6.07) is -0.546. The molecule has 4 heterocycles. The number of rotatable bonds is 6. The van der Waals surface area contributed by atoms with Gasteiger partial charge < -0.3 is 20.1 Å². The van der Waals surface area contributed by atoms with Crippen LogP contribution in [0.3, 0.4) is 0 Å². The number of aromatic nitrogens is 3. The number of piperidine rings is 1. The number of nitrogens with one attached hydrogen (secondary N) is 1. The van der Waals surface area contributed by atoms with Gasteiger partial charge in [0.15, 0.2) is 0 Å². The highest BCUT2D eigenvalue weighted by Gasteiger charge is 2.43. The number of carbonyl (C=O) groups is 1. The highest BCUT2D eigenvalue weighted by Crippen LogP contribution is 2.40. The number of halogens is 3. The van der Waals surface area contributed by atoms with E-state index in [1.807, 2.05) is 4.90 Å². The van der Waals surface area contributed by atoms with Crippen molar-refractivity contribution in [2.45, 2.75) is 114 Å². The Morgan fingerprint density at radius 3 is 2.43 bits per heavy atom. The number of carbonyl (C=O) groups excluding carboxylic acids is 1. The van der Waals surface area contributed by atoms with Gasteiger partial charge in [0.25, 0.3) is 0 Å². The zero-order chi connectivity index (χ0) is 26.3. The average molecular weight is 522 g/mol. The SMILES string of the molecule is CC(=O)N1[C@@H]2CC[C@H]1CC(Oc1ncc(C3CCC(O)CC3)c3nc(N[C@@H](C)CC(F)(F)F)ncc13)C2. The standard InChI is InChI=1S/C26H34F3N5O3/c1-14(11-26(27,28)29)32-25-31-13-22-23(33-25)21(16-3-7-19(36)8-4-16)12-30-24(22)37-20-9-17-5-6-18(10-20)34(17)15(2)35/h12-14,16-20,36H,3-11H2,1-2H3,(H,31,32,33)/t14-,16?,17-,18+,19?,20?/m0/s1. The third kappa shape index (κ3) is 5.76. The lowest BCUT2D eigenvalue weighted by molar-refractivity contribution is -0.136. The van der Waals surface area contributed by atoms with Gasteiger partial charge in [-0.2, -0.15) is 13.2 Å². The van der Waals surface area contributed by atoms with Crippen LogP contribution in [0.5, 0.6) is 5.88 Å². The predicted octanol–water partition coefficient (Wildman–Crippen LogP) is 4.72. The normalized spacial score (nSPS) is 28.8. The van der Waals surface area contributed by atoms with Gasteiger partial charge in [0.2, 0.25) is 17.7 Å². The van der Waals surface area contributed by atoms with E-state index < -0.39 is 18.6 Å². The molecule has 2 bridgehead atoms. The molecule has 2 aliphatic heterocycles. The molecule has 202 valence electrons. The van der Waals surface area contributed by atoms with E-state index in [0.29, 0.717) is 29.6 Å². The molecule has 0 radical (unpaired) electrons. The maximum atomic E-state index is 12.9. The number of aliphatic hydroxyl groups is 1. The van der Waals surface area contributed by atoms with Gasteiger partial charge in [0, 0.05) is 55.8 Å². The van der Waals surface area contributed by atoms with E-state index >= 15 is 0 Å². The van der Waals surface area contributed by atoms with Crippen molar-refractivity contribution < 1.29 is 27.8 Å². The van der Waals surface area contributed by atoms with E-state index in [9.17, 15) is 23.1 Å². The molecule has 2 N–H and O–H groups in total. The van der Waals surface area contributed by atoms with E-state index in [1.165, 1.54) is 6.92 Å². The zero-order valence-electron chi connectivity index (χ0n) is 21.2. The number of aliphatic hydroxyl groups excluding tert-OH is 1. The smallest absolute Gasteiger partial charge is 0.391 e. The van der Waals surface area contributed by atoms with Crippen LogP contribution in [0.15, 0.2) is 12.4 Å². The summed E-state index contributed by atoms with van der Waals surface area (Å²) >= 11 is 0. The fraction of sp³-hybridized carbons (Fsp3) is 0.692. The van der Waals surface area contributed by atoms with Crippen LogP contribution in [0.2, 0.25) is 0 Å². The molecule has 1 unspecified atom stereocenters. The molecule has 1 saturated carbocycles. The molecule has 3 aliphatic rings. The summed E-state index contributed by atoms with van der Waals surface area (Å²) in [6.07, 6.45) is 3.97. The van der Waals surface area contributed by atoms with Crippen LogP contribution in [0, 0.1) is 0 Å². The van der Waals surface area contributed by atoms with Gasteiger partial charge in [0.1, 0.15) is 6.10 Å². The molecule has 0 aromatic carbocycles. The average Bonchev–Trinajstić information content (AvgIpc) is 3.09. The van der Waals surface area contributed by atoms with Crippen LogP contribution in [-0.4, -0.2) is 67.4 Å². The van der Waals surface area contributed by atoms with Gasteiger partial charge in [0.05, 0.1) is 23.4 Å².